The minimum Gasteiger partial charge on any atom is -0.498 e. The molecular formula is C12H21N3O4S2. The monoisotopic (exact) mass is 335 g/mol. The molecule has 0 radical (unpaired) electrons. The molecule has 0 aromatic rings. The summed E-state index contributed by atoms with van der Waals surface area (Å²) in [4.78, 5) is 0. The molecule has 1 atom stereocenters. The van der Waals surface area contributed by atoms with E-state index in [0.717, 1.165) is 12.8 Å². The molecule has 21 heavy (non-hydrogen) atoms. The minimum atomic E-state index is -3.80. The molecule has 9 heteroatoms. The fourth-order valence-electron chi connectivity index (χ4n) is 1.60. The Morgan fingerprint density at radius 3 is 2.95 bits per heavy atom. The molecule has 0 saturated heterocycles. The van der Waals surface area contributed by atoms with Crippen LogP contribution in [0.1, 0.15) is 25.7 Å². The molecule has 0 amide bonds. The van der Waals surface area contributed by atoms with Crippen molar-refractivity contribution >= 4 is 26.8 Å². The normalized spacial score (nSPS) is 23.9. The molecule has 0 bridgehead atoms. The Balaban J connectivity index is 2.60. The summed E-state index contributed by atoms with van der Waals surface area (Å²) in [7, 11) is -4.59. The number of hydrogen-bond donors (Lipinski definition) is 2. The van der Waals surface area contributed by atoms with E-state index in [0.29, 0.717) is 31.0 Å². The standard InChI is InChI=1S/C12H21N3O4S2/c1-20(16)9-5-4-8-19-11-6-2-3-7-14-21(17,18)15-12(13)10-11/h3,7,10,14H,2,4-6,8-9H2,1H3,(H2,13,15)/b7-3+,11-10-. The summed E-state index contributed by atoms with van der Waals surface area (Å²) in [6.45, 7) is 0.477. The van der Waals surface area contributed by atoms with Crippen molar-refractivity contribution < 1.29 is 17.4 Å². The Morgan fingerprint density at radius 2 is 2.24 bits per heavy atom. The first-order chi connectivity index (χ1) is 9.89. The Labute approximate surface area is 128 Å². The van der Waals surface area contributed by atoms with E-state index in [1.165, 1.54) is 12.3 Å². The van der Waals surface area contributed by atoms with E-state index < -0.39 is 21.0 Å². The fraction of sp³-hybridized carbons (Fsp3) is 0.583. The Morgan fingerprint density at radius 1 is 1.48 bits per heavy atom. The van der Waals surface area contributed by atoms with Gasteiger partial charge in [0, 0.05) is 41.5 Å². The van der Waals surface area contributed by atoms with Crippen LogP contribution < -0.4 is 10.5 Å². The second-order valence-electron chi connectivity index (χ2n) is 4.49. The van der Waals surface area contributed by atoms with Crippen LogP contribution in [0.5, 0.6) is 0 Å². The van der Waals surface area contributed by atoms with Gasteiger partial charge in [0.1, 0.15) is 5.84 Å². The van der Waals surface area contributed by atoms with Gasteiger partial charge < -0.3 is 10.5 Å². The van der Waals surface area contributed by atoms with Crippen molar-refractivity contribution in [3.8, 4) is 0 Å². The van der Waals surface area contributed by atoms with Crippen LogP contribution >= 0.6 is 0 Å². The zero-order valence-corrected chi connectivity index (χ0v) is 13.6. The van der Waals surface area contributed by atoms with Crippen LogP contribution in [-0.4, -0.2) is 37.1 Å². The van der Waals surface area contributed by atoms with Crippen LogP contribution in [-0.2, 0) is 25.7 Å². The van der Waals surface area contributed by atoms with Gasteiger partial charge in [0.25, 0.3) is 0 Å². The summed E-state index contributed by atoms with van der Waals surface area (Å²) in [5, 5.41) is 0. The van der Waals surface area contributed by atoms with Crippen LogP contribution in [0.25, 0.3) is 0 Å². The fourth-order valence-corrected chi connectivity index (χ4v) is 2.86. The third-order valence-corrected chi connectivity index (χ3v) is 4.29. The molecule has 1 rings (SSSR count). The molecule has 0 aromatic heterocycles. The van der Waals surface area contributed by atoms with Gasteiger partial charge in [0.2, 0.25) is 0 Å². The van der Waals surface area contributed by atoms with Gasteiger partial charge in [-0.2, -0.15) is 8.42 Å². The highest BCUT2D eigenvalue weighted by Gasteiger charge is 2.08. The van der Waals surface area contributed by atoms with Crippen LogP contribution in [0.15, 0.2) is 28.5 Å². The lowest BCUT2D eigenvalue weighted by Crippen LogP contribution is -2.21. The maximum Gasteiger partial charge on any atom is 0.343 e. The third-order valence-electron chi connectivity index (χ3n) is 2.54. The van der Waals surface area contributed by atoms with Crippen molar-refractivity contribution in [1.29, 1.82) is 0 Å². The van der Waals surface area contributed by atoms with Crippen molar-refractivity contribution in [3.05, 3.63) is 24.1 Å². The van der Waals surface area contributed by atoms with E-state index in [-0.39, 0.29) is 5.84 Å². The van der Waals surface area contributed by atoms with Crippen LogP contribution in [0.3, 0.4) is 0 Å². The maximum absolute atomic E-state index is 11.4. The Kier molecular flexibility index (Phi) is 7.44. The summed E-state index contributed by atoms with van der Waals surface area (Å²) < 4.78 is 45.0. The first kappa shape index (κ1) is 17.7. The summed E-state index contributed by atoms with van der Waals surface area (Å²) in [5.41, 5.74) is 5.57. The number of nitrogens with one attached hydrogen (secondary N) is 1. The Hall–Kier alpha value is -1.35. The predicted molar refractivity (Wildman–Crippen MR) is 84.3 cm³/mol. The summed E-state index contributed by atoms with van der Waals surface area (Å²) in [5.74, 6) is 1.12. The Bertz CT molecular complexity index is 553. The first-order valence-electron chi connectivity index (χ1n) is 6.55. The average Bonchev–Trinajstić information content (AvgIpc) is 2.35. The van der Waals surface area contributed by atoms with E-state index in [2.05, 4.69) is 9.12 Å². The van der Waals surface area contributed by atoms with Gasteiger partial charge in [-0.3, -0.25) is 8.93 Å². The molecule has 3 N–H and O–H groups in total. The lowest BCUT2D eigenvalue weighted by atomic mass is 10.2. The molecule has 1 aliphatic heterocycles. The zero-order chi connectivity index (χ0) is 15.7. The smallest absolute Gasteiger partial charge is 0.343 e. The molecule has 0 aliphatic carbocycles. The number of hydrogen-bond acceptors (Lipinski definition) is 5. The molecule has 1 unspecified atom stereocenters. The number of allylic oxidation sites excluding steroid dienone is 2. The molecule has 0 aromatic carbocycles. The molecule has 0 saturated carbocycles. The van der Waals surface area contributed by atoms with Crippen LogP contribution in [0, 0.1) is 0 Å². The molecule has 1 aliphatic rings. The molecule has 1 heterocycles. The van der Waals surface area contributed by atoms with Gasteiger partial charge in [-0.1, -0.05) is 6.08 Å². The van der Waals surface area contributed by atoms with Gasteiger partial charge in [-0.25, -0.2) is 0 Å². The molecule has 120 valence electrons. The summed E-state index contributed by atoms with van der Waals surface area (Å²) in [6.07, 6.45) is 8.94. The zero-order valence-electron chi connectivity index (χ0n) is 11.9. The van der Waals surface area contributed by atoms with Crippen LogP contribution in [0.4, 0.5) is 0 Å². The third kappa shape index (κ3) is 8.51. The van der Waals surface area contributed by atoms with E-state index in [4.69, 9.17) is 10.5 Å². The SMILES string of the molecule is CS(=O)CCCCO/C1=C\C(N)=NS(=O)(=O)N/C=C/CC1. The van der Waals surface area contributed by atoms with Crippen LogP contribution in [0.2, 0.25) is 0 Å². The van der Waals surface area contributed by atoms with Crippen molar-refractivity contribution in [2.45, 2.75) is 25.7 Å². The summed E-state index contributed by atoms with van der Waals surface area (Å²) >= 11 is 0. The number of nitrogens with two attached hydrogens (primary N) is 1. The highest BCUT2D eigenvalue weighted by Crippen LogP contribution is 2.10. The van der Waals surface area contributed by atoms with Crippen molar-refractivity contribution in [2.24, 2.45) is 10.1 Å². The van der Waals surface area contributed by atoms with Crippen molar-refractivity contribution in [1.82, 2.24) is 4.72 Å². The highest BCUT2D eigenvalue weighted by atomic mass is 32.2. The number of amidine groups is 1. The second-order valence-corrected chi connectivity index (χ2v) is 7.42. The predicted octanol–water partition coefficient (Wildman–Crippen LogP) is 0.545. The second kappa shape index (κ2) is 8.83. The van der Waals surface area contributed by atoms with E-state index >= 15 is 0 Å². The highest BCUT2D eigenvalue weighted by molar-refractivity contribution is 7.88. The molecule has 0 spiro atoms. The lowest BCUT2D eigenvalue weighted by molar-refractivity contribution is 0.199. The maximum atomic E-state index is 11.4. The van der Waals surface area contributed by atoms with Gasteiger partial charge in [-0.15, -0.1) is 4.40 Å². The average molecular weight is 335 g/mol. The van der Waals surface area contributed by atoms with E-state index in [1.807, 2.05) is 0 Å². The number of nitrogens with zero attached hydrogens (tertiary/aromatic N) is 1. The van der Waals surface area contributed by atoms with Gasteiger partial charge in [-0.05, 0) is 19.3 Å². The number of rotatable bonds is 6. The quantitative estimate of drug-likeness (QED) is 0.688. The lowest BCUT2D eigenvalue weighted by Gasteiger charge is -2.10. The summed E-state index contributed by atoms with van der Waals surface area (Å²) in [6, 6.07) is 0. The van der Waals surface area contributed by atoms with E-state index in [1.54, 1.807) is 12.3 Å². The van der Waals surface area contributed by atoms with Crippen molar-refractivity contribution in [3.63, 3.8) is 0 Å². The van der Waals surface area contributed by atoms with Gasteiger partial charge in [0.15, 0.2) is 0 Å². The van der Waals surface area contributed by atoms with E-state index in [9.17, 15) is 12.6 Å². The molecular weight excluding hydrogens is 314 g/mol. The van der Waals surface area contributed by atoms with Gasteiger partial charge >= 0.3 is 10.2 Å². The molecule has 0 fully saturated rings. The largest absolute Gasteiger partial charge is 0.498 e. The van der Waals surface area contributed by atoms with Gasteiger partial charge in [0.05, 0.1) is 12.4 Å². The number of unbranched alkanes of at least 4 members (excludes halogenated alkanes) is 1. The first-order valence-corrected chi connectivity index (χ1v) is 9.72. The van der Waals surface area contributed by atoms with Crippen molar-refractivity contribution in [2.75, 3.05) is 18.6 Å². The molecule has 7 nitrogen and oxygen atoms in total. The topological polar surface area (TPSA) is 111 Å². The number of ether oxygens (including phenoxy) is 1. The minimum absolute atomic E-state index is 0.123.